The number of unbranched alkanes of at least 4 members (excludes halogenated alkanes) is 10. The van der Waals surface area contributed by atoms with Gasteiger partial charge in [-0.2, -0.15) is 0 Å². The van der Waals surface area contributed by atoms with Crippen LogP contribution in [0.15, 0.2) is 0 Å². The molecule has 142 valence electrons. The van der Waals surface area contributed by atoms with Gasteiger partial charge in [0, 0.05) is 12.8 Å². The van der Waals surface area contributed by atoms with Crippen LogP contribution in [-0.4, -0.2) is 25.2 Å². The van der Waals surface area contributed by atoms with Crippen LogP contribution >= 0.6 is 0 Å². The van der Waals surface area contributed by atoms with Crippen LogP contribution in [0, 0.1) is 0 Å². The molecule has 0 rings (SSSR count). The lowest BCUT2D eigenvalue weighted by molar-refractivity contribution is -0.152. The average molecular weight is 343 g/mol. The quantitative estimate of drug-likeness (QED) is 0.256. The van der Waals surface area contributed by atoms with Crippen LogP contribution in [0.1, 0.15) is 104 Å². The van der Waals surface area contributed by atoms with Crippen molar-refractivity contribution >= 4 is 11.9 Å². The maximum Gasteiger partial charge on any atom is 0.305 e. The molecule has 0 spiro atoms. The van der Waals surface area contributed by atoms with E-state index in [9.17, 15) is 9.59 Å². The molecule has 0 saturated carbocycles. The zero-order chi connectivity index (χ0) is 17.9. The van der Waals surface area contributed by atoms with Crippen LogP contribution in [0.2, 0.25) is 0 Å². The van der Waals surface area contributed by atoms with Gasteiger partial charge >= 0.3 is 11.9 Å². The van der Waals surface area contributed by atoms with Crippen molar-refractivity contribution in [1.29, 1.82) is 0 Å². The molecular formula is C20H38O4. The average Bonchev–Trinajstić information content (AvgIpc) is 2.57. The maximum atomic E-state index is 11.5. The van der Waals surface area contributed by atoms with Crippen LogP contribution < -0.4 is 0 Å². The molecule has 0 aromatic heterocycles. The molecule has 0 aromatic carbocycles. The second-order valence-corrected chi connectivity index (χ2v) is 6.48. The highest BCUT2D eigenvalue weighted by Crippen LogP contribution is 2.10. The predicted octanol–water partition coefficient (Wildman–Crippen LogP) is 5.57. The number of hydrogen-bond donors (Lipinski definition) is 0. The Kier molecular flexibility index (Phi) is 17.5. The Balaban J connectivity index is 3.28. The molecule has 24 heavy (non-hydrogen) atoms. The molecule has 0 aliphatic carbocycles. The number of carbonyl (C=O) groups excluding carboxylic acids is 2. The van der Waals surface area contributed by atoms with Gasteiger partial charge in [-0.25, -0.2) is 0 Å². The van der Waals surface area contributed by atoms with Crippen molar-refractivity contribution in [3.05, 3.63) is 0 Å². The van der Waals surface area contributed by atoms with Gasteiger partial charge < -0.3 is 9.47 Å². The van der Waals surface area contributed by atoms with Crippen LogP contribution in [0.5, 0.6) is 0 Å². The topological polar surface area (TPSA) is 52.6 Å². The first-order valence-corrected chi connectivity index (χ1v) is 10.0. The monoisotopic (exact) mass is 342 g/mol. The van der Waals surface area contributed by atoms with E-state index < -0.39 is 0 Å². The van der Waals surface area contributed by atoms with Gasteiger partial charge in [0.05, 0.1) is 0 Å². The first kappa shape index (κ1) is 22.9. The van der Waals surface area contributed by atoms with Crippen molar-refractivity contribution in [3.8, 4) is 0 Å². The van der Waals surface area contributed by atoms with Gasteiger partial charge in [0.1, 0.15) is 13.2 Å². The van der Waals surface area contributed by atoms with Crippen molar-refractivity contribution in [3.63, 3.8) is 0 Å². The van der Waals surface area contributed by atoms with E-state index in [2.05, 4.69) is 13.8 Å². The lowest BCUT2D eigenvalue weighted by Crippen LogP contribution is -2.13. The Morgan fingerprint density at radius 2 is 0.875 bits per heavy atom. The van der Waals surface area contributed by atoms with Crippen molar-refractivity contribution in [2.75, 3.05) is 13.2 Å². The highest BCUT2D eigenvalue weighted by Gasteiger charge is 2.05. The van der Waals surface area contributed by atoms with E-state index in [1.165, 1.54) is 44.9 Å². The van der Waals surface area contributed by atoms with Crippen molar-refractivity contribution in [1.82, 2.24) is 0 Å². The fraction of sp³-hybridized carbons (Fsp3) is 0.900. The predicted molar refractivity (Wildman–Crippen MR) is 97.9 cm³/mol. The summed E-state index contributed by atoms with van der Waals surface area (Å²) < 4.78 is 10.1. The van der Waals surface area contributed by atoms with Gasteiger partial charge in [0.15, 0.2) is 0 Å². The lowest BCUT2D eigenvalue weighted by Gasteiger charge is -2.06. The second-order valence-electron chi connectivity index (χ2n) is 6.48. The summed E-state index contributed by atoms with van der Waals surface area (Å²) in [5.41, 5.74) is 0. The molecule has 0 aliphatic rings. The molecule has 4 heteroatoms. The molecule has 0 radical (unpaired) electrons. The largest absolute Gasteiger partial charge is 0.462 e. The van der Waals surface area contributed by atoms with Crippen molar-refractivity contribution in [2.24, 2.45) is 0 Å². The van der Waals surface area contributed by atoms with Crippen LogP contribution in [-0.2, 0) is 19.1 Å². The molecule has 0 aliphatic heterocycles. The Labute approximate surface area is 148 Å². The van der Waals surface area contributed by atoms with Gasteiger partial charge in [-0.15, -0.1) is 0 Å². The van der Waals surface area contributed by atoms with Gasteiger partial charge in [0.2, 0.25) is 0 Å². The van der Waals surface area contributed by atoms with E-state index in [1.54, 1.807) is 0 Å². The fourth-order valence-electron chi connectivity index (χ4n) is 2.55. The number of esters is 2. The molecular weight excluding hydrogens is 304 g/mol. The molecule has 0 unspecified atom stereocenters. The SMILES string of the molecule is CCCCCCCCCCCC(=O)OCCOC(=O)CCCCC. The summed E-state index contributed by atoms with van der Waals surface area (Å²) in [6, 6.07) is 0. The third-order valence-corrected chi connectivity index (χ3v) is 4.08. The van der Waals surface area contributed by atoms with E-state index in [0.717, 1.165) is 32.1 Å². The molecule has 0 fully saturated rings. The summed E-state index contributed by atoms with van der Waals surface area (Å²) in [7, 11) is 0. The standard InChI is InChI=1S/C20H38O4/c1-3-5-7-8-9-10-11-12-14-16-20(22)24-18-17-23-19(21)15-13-6-4-2/h3-18H2,1-2H3. The zero-order valence-electron chi connectivity index (χ0n) is 15.9. The van der Waals surface area contributed by atoms with Crippen LogP contribution in [0.4, 0.5) is 0 Å². The molecule has 0 heterocycles. The van der Waals surface area contributed by atoms with Crippen LogP contribution in [0.3, 0.4) is 0 Å². The summed E-state index contributed by atoms with van der Waals surface area (Å²) in [6.07, 6.45) is 15.0. The molecule has 0 amide bonds. The van der Waals surface area contributed by atoms with E-state index in [4.69, 9.17) is 9.47 Å². The fourth-order valence-corrected chi connectivity index (χ4v) is 2.55. The molecule has 0 atom stereocenters. The van der Waals surface area contributed by atoms with E-state index in [-0.39, 0.29) is 25.2 Å². The minimum absolute atomic E-state index is 0.175. The lowest BCUT2D eigenvalue weighted by atomic mass is 10.1. The zero-order valence-corrected chi connectivity index (χ0v) is 15.9. The van der Waals surface area contributed by atoms with E-state index in [0.29, 0.717) is 12.8 Å². The Morgan fingerprint density at radius 3 is 1.33 bits per heavy atom. The third kappa shape index (κ3) is 17.3. The third-order valence-electron chi connectivity index (χ3n) is 4.08. The normalized spacial score (nSPS) is 10.6. The summed E-state index contributed by atoms with van der Waals surface area (Å²) in [5.74, 6) is -0.376. The highest BCUT2D eigenvalue weighted by atomic mass is 16.6. The number of carbonyl (C=O) groups is 2. The molecule has 0 saturated heterocycles. The Bertz CT molecular complexity index is 302. The van der Waals surface area contributed by atoms with E-state index in [1.807, 2.05) is 0 Å². The highest BCUT2D eigenvalue weighted by molar-refractivity contribution is 5.70. The van der Waals surface area contributed by atoms with Gasteiger partial charge in [-0.3, -0.25) is 9.59 Å². The first-order valence-electron chi connectivity index (χ1n) is 10.0. The number of hydrogen-bond acceptors (Lipinski definition) is 4. The van der Waals surface area contributed by atoms with Gasteiger partial charge in [0.25, 0.3) is 0 Å². The van der Waals surface area contributed by atoms with Crippen LogP contribution in [0.25, 0.3) is 0 Å². The van der Waals surface area contributed by atoms with Crippen molar-refractivity contribution in [2.45, 2.75) is 104 Å². The van der Waals surface area contributed by atoms with Gasteiger partial charge in [-0.1, -0.05) is 78.1 Å². The maximum absolute atomic E-state index is 11.5. The first-order chi connectivity index (χ1) is 11.7. The molecule has 0 N–H and O–H groups in total. The van der Waals surface area contributed by atoms with Gasteiger partial charge in [-0.05, 0) is 12.8 Å². The summed E-state index contributed by atoms with van der Waals surface area (Å²) >= 11 is 0. The van der Waals surface area contributed by atoms with Crippen molar-refractivity contribution < 1.29 is 19.1 Å². The summed E-state index contributed by atoms with van der Waals surface area (Å²) in [5, 5.41) is 0. The molecule has 0 aromatic rings. The minimum Gasteiger partial charge on any atom is -0.462 e. The Hall–Kier alpha value is -1.06. The summed E-state index contributed by atoms with van der Waals surface area (Å²) in [4.78, 5) is 22.9. The molecule has 0 bridgehead atoms. The number of rotatable bonds is 17. The second kappa shape index (κ2) is 18.3. The van der Waals surface area contributed by atoms with E-state index >= 15 is 0 Å². The Morgan fingerprint density at radius 1 is 0.542 bits per heavy atom. The number of ether oxygens (including phenoxy) is 2. The summed E-state index contributed by atoms with van der Waals surface area (Å²) in [6.45, 7) is 4.68. The smallest absolute Gasteiger partial charge is 0.305 e. The minimum atomic E-state index is -0.196. The molecule has 4 nitrogen and oxygen atoms in total.